The number of hydrogen-bond acceptors (Lipinski definition) is 4. The SMILES string of the molecule is COc1cccc(C2(CNS(=O)O)CCC(N3CCN(C)CC3)CC2)c1. The predicted molar refractivity (Wildman–Crippen MR) is 105 cm³/mol. The zero-order chi connectivity index (χ0) is 18.6. The van der Waals surface area contributed by atoms with E-state index in [1.807, 2.05) is 12.1 Å². The molecule has 0 amide bonds. The van der Waals surface area contributed by atoms with E-state index in [1.165, 1.54) is 5.56 Å². The van der Waals surface area contributed by atoms with Crippen LogP contribution in [0.3, 0.4) is 0 Å². The lowest BCUT2D eigenvalue weighted by molar-refractivity contribution is 0.0751. The lowest BCUT2D eigenvalue weighted by atomic mass is 9.68. The molecule has 1 saturated heterocycles. The molecule has 2 N–H and O–H groups in total. The number of benzene rings is 1. The Labute approximate surface area is 159 Å². The van der Waals surface area contributed by atoms with Gasteiger partial charge in [0.2, 0.25) is 11.3 Å². The molecule has 0 bridgehead atoms. The second kappa shape index (κ2) is 8.80. The molecule has 1 aromatic carbocycles. The number of nitrogens with one attached hydrogen (secondary N) is 1. The number of nitrogens with zero attached hydrogens (tertiary/aromatic N) is 2. The van der Waals surface area contributed by atoms with Crippen molar-refractivity contribution in [2.75, 3.05) is 46.9 Å². The van der Waals surface area contributed by atoms with E-state index in [9.17, 15) is 8.76 Å². The van der Waals surface area contributed by atoms with Crippen LogP contribution in [0.4, 0.5) is 0 Å². The molecule has 1 atom stereocenters. The van der Waals surface area contributed by atoms with Gasteiger partial charge in [0.25, 0.3) is 0 Å². The molecule has 146 valence electrons. The Balaban J connectivity index is 1.72. The first-order valence-electron chi connectivity index (χ1n) is 9.44. The second-order valence-electron chi connectivity index (χ2n) is 7.65. The highest BCUT2D eigenvalue weighted by atomic mass is 32.2. The molecule has 26 heavy (non-hydrogen) atoms. The van der Waals surface area contributed by atoms with Crippen molar-refractivity contribution < 1.29 is 13.5 Å². The number of methoxy groups -OCH3 is 1. The van der Waals surface area contributed by atoms with E-state index in [-0.39, 0.29) is 5.41 Å². The molecule has 1 saturated carbocycles. The van der Waals surface area contributed by atoms with Gasteiger partial charge in [0, 0.05) is 44.2 Å². The monoisotopic (exact) mass is 381 g/mol. The van der Waals surface area contributed by atoms with Gasteiger partial charge >= 0.3 is 0 Å². The summed E-state index contributed by atoms with van der Waals surface area (Å²) in [7, 11) is 3.86. The lowest BCUT2D eigenvalue weighted by Gasteiger charge is -2.46. The Morgan fingerprint density at radius 2 is 1.96 bits per heavy atom. The van der Waals surface area contributed by atoms with Crippen LogP contribution < -0.4 is 9.46 Å². The minimum Gasteiger partial charge on any atom is -0.497 e. The molecular weight excluding hydrogens is 350 g/mol. The number of ether oxygens (including phenoxy) is 1. The first kappa shape index (κ1) is 19.8. The van der Waals surface area contributed by atoms with Crippen molar-refractivity contribution in [3.63, 3.8) is 0 Å². The van der Waals surface area contributed by atoms with Gasteiger partial charge in [-0.3, -0.25) is 9.45 Å². The molecule has 0 radical (unpaired) electrons. The molecular formula is C19H31N3O3S. The van der Waals surface area contributed by atoms with Gasteiger partial charge in [0.05, 0.1) is 7.11 Å². The van der Waals surface area contributed by atoms with Crippen LogP contribution in [-0.2, 0) is 16.7 Å². The van der Waals surface area contributed by atoms with Gasteiger partial charge in [0.1, 0.15) is 5.75 Å². The molecule has 1 heterocycles. The number of hydrogen-bond donors (Lipinski definition) is 2. The number of likely N-dealkylation sites (N-methyl/N-ethyl adjacent to an activating group) is 1. The average Bonchev–Trinajstić information content (AvgIpc) is 2.67. The minimum atomic E-state index is -1.99. The fraction of sp³-hybridized carbons (Fsp3) is 0.684. The number of rotatable bonds is 6. The Hall–Kier alpha value is -0.990. The second-order valence-corrected chi connectivity index (χ2v) is 8.44. The first-order valence-corrected chi connectivity index (χ1v) is 10.5. The van der Waals surface area contributed by atoms with Crippen LogP contribution in [0.2, 0.25) is 0 Å². The van der Waals surface area contributed by atoms with E-state index in [1.54, 1.807) is 7.11 Å². The minimum absolute atomic E-state index is 0.115. The van der Waals surface area contributed by atoms with Crippen LogP contribution in [0.5, 0.6) is 5.75 Å². The summed E-state index contributed by atoms with van der Waals surface area (Å²) < 4.78 is 28.7. The predicted octanol–water partition coefficient (Wildman–Crippen LogP) is 1.85. The van der Waals surface area contributed by atoms with Crippen molar-refractivity contribution in [2.24, 2.45) is 0 Å². The summed E-state index contributed by atoms with van der Waals surface area (Å²) >= 11 is -1.99. The summed E-state index contributed by atoms with van der Waals surface area (Å²) in [5.74, 6) is 0.841. The van der Waals surface area contributed by atoms with Gasteiger partial charge in [-0.2, -0.15) is 0 Å². The van der Waals surface area contributed by atoms with Crippen LogP contribution in [0.15, 0.2) is 24.3 Å². The fourth-order valence-corrected chi connectivity index (χ4v) is 4.83. The summed E-state index contributed by atoms with van der Waals surface area (Å²) in [6.07, 6.45) is 4.28. The van der Waals surface area contributed by atoms with Crippen molar-refractivity contribution in [3.8, 4) is 5.75 Å². The van der Waals surface area contributed by atoms with Crippen LogP contribution in [-0.4, -0.2) is 71.5 Å². The van der Waals surface area contributed by atoms with E-state index in [2.05, 4.69) is 33.7 Å². The molecule has 1 aromatic rings. The highest BCUT2D eigenvalue weighted by Crippen LogP contribution is 2.41. The fourth-order valence-electron chi connectivity index (χ4n) is 4.43. The smallest absolute Gasteiger partial charge is 0.231 e. The quantitative estimate of drug-likeness (QED) is 0.737. The maximum atomic E-state index is 11.2. The van der Waals surface area contributed by atoms with Crippen LogP contribution in [0.25, 0.3) is 0 Å². The average molecular weight is 382 g/mol. The van der Waals surface area contributed by atoms with E-state index in [0.29, 0.717) is 12.6 Å². The van der Waals surface area contributed by atoms with Crippen molar-refractivity contribution in [2.45, 2.75) is 37.1 Å². The maximum Gasteiger partial charge on any atom is 0.231 e. The third-order valence-electron chi connectivity index (χ3n) is 6.18. The first-order chi connectivity index (χ1) is 12.5. The van der Waals surface area contributed by atoms with Crippen molar-refractivity contribution in [1.82, 2.24) is 14.5 Å². The molecule has 1 aliphatic carbocycles. The van der Waals surface area contributed by atoms with Crippen LogP contribution in [0, 0.1) is 0 Å². The Bertz CT molecular complexity index is 612. The van der Waals surface area contributed by atoms with E-state index in [0.717, 1.165) is 57.6 Å². The standard InChI is InChI=1S/C19H31N3O3S/c1-21-10-12-22(13-11-21)17-6-8-19(9-7-17,15-20-26(23)24)16-4-3-5-18(14-16)25-2/h3-5,14,17,20H,6-13,15H2,1-2H3,(H,23,24). The van der Waals surface area contributed by atoms with Crippen LogP contribution in [0.1, 0.15) is 31.2 Å². The van der Waals surface area contributed by atoms with E-state index < -0.39 is 11.3 Å². The Kier molecular flexibility index (Phi) is 6.69. The van der Waals surface area contributed by atoms with Gasteiger partial charge in [-0.25, -0.2) is 8.93 Å². The summed E-state index contributed by atoms with van der Waals surface area (Å²) in [5, 5.41) is 0. The van der Waals surface area contributed by atoms with Crippen molar-refractivity contribution >= 4 is 11.3 Å². The highest BCUT2D eigenvalue weighted by Gasteiger charge is 2.39. The van der Waals surface area contributed by atoms with E-state index >= 15 is 0 Å². The topological polar surface area (TPSA) is 65.0 Å². The third-order valence-corrected chi connectivity index (χ3v) is 6.57. The normalized spacial score (nSPS) is 29.4. The molecule has 0 aromatic heterocycles. The molecule has 6 nitrogen and oxygen atoms in total. The van der Waals surface area contributed by atoms with Gasteiger partial charge in [-0.15, -0.1) is 0 Å². The largest absolute Gasteiger partial charge is 0.497 e. The highest BCUT2D eigenvalue weighted by molar-refractivity contribution is 7.77. The molecule has 7 heteroatoms. The van der Waals surface area contributed by atoms with Crippen molar-refractivity contribution in [3.05, 3.63) is 29.8 Å². The zero-order valence-electron chi connectivity index (χ0n) is 15.8. The van der Waals surface area contributed by atoms with Gasteiger partial charge in [0.15, 0.2) is 0 Å². The van der Waals surface area contributed by atoms with Gasteiger partial charge in [-0.05, 0) is 50.4 Å². The summed E-state index contributed by atoms with van der Waals surface area (Å²) in [6, 6.07) is 8.80. The molecule has 1 unspecified atom stereocenters. The molecule has 2 aliphatic rings. The summed E-state index contributed by atoms with van der Waals surface area (Å²) in [5.41, 5.74) is 1.09. The molecule has 2 fully saturated rings. The molecule has 1 aliphatic heterocycles. The Morgan fingerprint density at radius 3 is 2.58 bits per heavy atom. The zero-order valence-corrected chi connectivity index (χ0v) is 16.6. The molecule has 3 rings (SSSR count). The van der Waals surface area contributed by atoms with Gasteiger partial charge < -0.3 is 9.64 Å². The lowest BCUT2D eigenvalue weighted by Crippen LogP contribution is -2.52. The summed E-state index contributed by atoms with van der Waals surface area (Å²) in [6.45, 7) is 5.09. The Morgan fingerprint density at radius 1 is 1.27 bits per heavy atom. The maximum absolute atomic E-state index is 11.2. The van der Waals surface area contributed by atoms with Gasteiger partial charge in [-0.1, -0.05) is 12.1 Å². The number of piperazine rings is 1. The van der Waals surface area contributed by atoms with Crippen molar-refractivity contribution in [1.29, 1.82) is 0 Å². The van der Waals surface area contributed by atoms with E-state index in [4.69, 9.17) is 4.74 Å². The summed E-state index contributed by atoms with van der Waals surface area (Å²) in [4.78, 5) is 5.02. The third kappa shape index (κ3) is 4.64. The van der Waals surface area contributed by atoms with Crippen LogP contribution >= 0.6 is 0 Å². The molecule has 0 spiro atoms.